The zero-order valence-corrected chi connectivity index (χ0v) is 14.7. The molecule has 1 saturated heterocycles. The molecule has 0 bridgehead atoms. The van der Waals surface area contributed by atoms with Crippen molar-refractivity contribution >= 4 is 11.8 Å². The summed E-state index contributed by atoms with van der Waals surface area (Å²) in [6.07, 6.45) is 3.89. The van der Waals surface area contributed by atoms with Crippen LogP contribution < -0.4 is 5.32 Å². The lowest BCUT2D eigenvalue weighted by Gasteiger charge is -2.40. The fraction of sp³-hybridized carbons (Fsp3) is 1.00. The summed E-state index contributed by atoms with van der Waals surface area (Å²) in [5.74, 6) is 2.67. The molecule has 114 valence electrons. The van der Waals surface area contributed by atoms with Gasteiger partial charge in [0.15, 0.2) is 0 Å². The van der Waals surface area contributed by atoms with Crippen molar-refractivity contribution in [3.8, 4) is 0 Å². The van der Waals surface area contributed by atoms with Crippen LogP contribution in [0, 0.1) is 5.41 Å². The summed E-state index contributed by atoms with van der Waals surface area (Å²) in [5, 5.41) is 3.73. The van der Waals surface area contributed by atoms with E-state index in [2.05, 4.69) is 63.6 Å². The normalized spacial score (nSPS) is 21.3. The second-order valence-corrected chi connectivity index (χ2v) is 8.39. The largest absolute Gasteiger partial charge is 0.311 e. The fourth-order valence-corrected chi connectivity index (χ4v) is 4.06. The Hall–Kier alpha value is 0.270. The van der Waals surface area contributed by atoms with Crippen LogP contribution in [-0.4, -0.2) is 48.1 Å². The minimum absolute atomic E-state index is 0.220. The van der Waals surface area contributed by atoms with E-state index in [1.165, 1.54) is 37.3 Å². The molecule has 0 saturated carbocycles. The van der Waals surface area contributed by atoms with Gasteiger partial charge in [-0.05, 0) is 58.2 Å². The first kappa shape index (κ1) is 17.3. The molecular formula is C16H34N2S. The van der Waals surface area contributed by atoms with Crippen LogP contribution in [0.1, 0.15) is 53.9 Å². The van der Waals surface area contributed by atoms with Crippen LogP contribution in [0.5, 0.6) is 0 Å². The number of nitrogens with zero attached hydrogens (tertiary/aromatic N) is 1. The summed E-state index contributed by atoms with van der Waals surface area (Å²) >= 11 is 2.11. The second-order valence-electron chi connectivity index (χ2n) is 7.24. The Morgan fingerprint density at radius 2 is 1.84 bits per heavy atom. The summed E-state index contributed by atoms with van der Waals surface area (Å²) in [4.78, 5) is 2.62. The monoisotopic (exact) mass is 286 g/mol. The molecule has 1 rings (SSSR count). The van der Waals surface area contributed by atoms with E-state index in [4.69, 9.17) is 0 Å². The average molecular weight is 287 g/mol. The lowest BCUT2D eigenvalue weighted by atomic mass is 9.80. The number of nitrogens with one attached hydrogen (secondary N) is 1. The van der Waals surface area contributed by atoms with E-state index in [1.54, 1.807) is 0 Å². The van der Waals surface area contributed by atoms with Gasteiger partial charge in [0.2, 0.25) is 0 Å². The van der Waals surface area contributed by atoms with E-state index >= 15 is 0 Å². The van der Waals surface area contributed by atoms with Gasteiger partial charge in [-0.25, -0.2) is 0 Å². The van der Waals surface area contributed by atoms with E-state index in [1.807, 2.05) is 0 Å². The predicted molar refractivity (Wildman–Crippen MR) is 89.1 cm³/mol. The van der Waals surface area contributed by atoms with Crippen molar-refractivity contribution in [1.29, 1.82) is 0 Å². The smallest absolute Gasteiger partial charge is 0.0191 e. The molecule has 0 aromatic rings. The molecule has 0 aromatic carbocycles. The minimum Gasteiger partial charge on any atom is -0.311 e. The highest BCUT2D eigenvalue weighted by Gasteiger charge is 2.32. The van der Waals surface area contributed by atoms with Gasteiger partial charge >= 0.3 is 0 Å². The van der Waals surface area contributed by atoms with Gasteiger partial charge in [-0.15, -0.1) is 0 Å². The third-order valence-corrected chi connectivity index (χ3v) is 5.75. The maximum Gasteiger partial charge on any atom is 0.0191 e. The Labute approximate surface area is 125 Å². The highest BCUT2D eigenvalue weighted by atomic mass is 32.2. The summed E-state index contributed by atoms with van der Waals surface area (Å²) < 4.78 is 0. The van der Waals surface area contributed by atoms with Crippen LogP contribution >= 0.6 is 11.8 Å². The number of thioether (sulfide) groups is 1. The maximum atomic E-state index is 3.73. The van der Waals surface area contributed by atoms with Gasteiger partial charge in [-0.2, -0.15) is 11.8 Å². The minimum atomic E-state index is 0.220. The Morgan fingerprint density at radius 3 is 2.26 bits per heavy atom. The number of hydrogen-bond donors (Lipinski definition) is 1. The number of hydrogen-bond acceptors (Lipinski definition) is 3. The first-order valence-electron chi connectivity index (χ1n) is 7.85. The fourth-order valence-electron chi connectivity index (χ4n) is 2.76. The van der Waals surface area contributed by atoms with Crippen molar-refractivity contribution in [2.75, 3.05) is 31.6 Å². The molecule has 1 heterocycles. The van der Waals surface area contributed by atoms with Crippen molar-refractivity contribution < 1.29 is 0 Å². The molecular weight excluding hydrogens is 252 g/mol. The molecule has 0 radical (unpaired) electrons. The van der Waals surface area contributed by atoms with Gasteiger partial charge in [0, 0.05) is 30.4 Å². The highest BCUT2D eigenvalue weighted by molar-refractivity contribution is 7.99. The van der Waals surface area contributed by atoms with E-state index in [-0.39, 0.29) is 5.54 Å². The zero-order valence-electron chi connectivity index (χ0n) is 13.9. The molecule has 0 amide bonds. The van der Waals surface area contributed by atoms with E-state index < -0.39 is 0 Å². The third-order valence-electron chi connectivity index (χ3n) is 4.61. The van der Waals surface area contributed by atoms with E-state index in [0.717, 1.165) is 12.6 Å². The molecule has 1 aliphatic rings. The molecule has 1 N–H and O–H groups in total. The van der Waals surface area contributed by atoms with Crippen LogP contribution in [0.3, 0.4) is 0 Å². The summed E-state index contributed by atoms with van der Waals surface area (Å²) in [6, 6.07) is 0.803. The van der Waals surface area contributed by atoms with Crippen molar-refractivity contribution in [3.05, 3.63) is 0 Å². The molecule has 0 aliphatic carbocycles. The lowest BCUT2D eigenvalue weighted by Crippen LogP contribution is -2.49. The first-order valence-corrected chi connectivity index (χ1v) is 9.00. The molecule has 1 fully saturated rings. The summed E-state index contributed by atoms with van der Waals surface area (Å²) in [5.41, 5.74) is 0.645. The van der Waals surface area contributed by atoms with Crippen molar-refractivity contribution in [3.63, 3.8) is 0 Å². The molecule has 1 aliphatic heterocycles. The predicted octanol–water partition coefficient (Wildman–Crippen LogP) is 3.62. The summed E-state index contributed by atoms with van der Waals surface area (Å²) in [6.45, 7) is 13.9. The lowest BCUT2D eigenvalue weighted by molar-refractivity contribution is 0.121. The standard InChI is InChI=1S/C16H34N2S/c1-7-16(8-2,12-17-15(3,4)5)13-18(6)14-9-10-19-11-14/h14,17H,7-13H2,1-6H3. The van der Waals surface area contributed by atoms with Gasteiger partial charge < -0.3 is 10.2 Å². The van der Waals surface area contributed by atoms with Gasteiger partial charge in [0.05, 0.1) is 0 Å². The Kier molecular flexibility index (Phi) is 6.68. The molecule has 1 atom stereocenters. The molecule has 0 spiro atoms. The van der Waals surface area contributed by atoms with Gasteiger partial charge in [-0.1, -0.05) is 13.8 Å². The number of rotatable bonds is 7. The third kappa shape index (κ3) is 5.65. The summed E-state index contributed by atoms with van der Waals surface area (Å²) in [7, 11) is 2.33. The van der Waals surface area contributed by atoms with Crippen molar-refractivity contribution in [2.45, 2.75) is 65.5 Å². The second kappa shape index (κ2) is 7.33. The SMILES string of the molecule is CCC(CC)(CNC(C)(C)C)CN(C)C1CCSC1. The highest BCUT2D eigenvalue weighted by Crippen LogP contribution is 2.30. The maximum absolute atomic E-state index is 3.73. The van der Waals surface area contributed by atoms with Crippen LogP contribution in [-0.2, 0) is 0 Å². The average Bonchev–Trinajstić information content (AvgIpc) is 2.87. The van der Waals surface area contributed by atoms with Crippen molar-refractivity contribution in [1.82, 2.24) is 10.2 Å². The molecule has 0 aromatic heterocycles. The first-order chi connectivity index (χ1) is 8.82. The van der Waals surface area contributed by atoms with Crippen LogP contribution in [0.4, 0.5) is 0 Å². The van der Waals surface area contributed by atoms with Crippen molar-refractivity contribution in [2.24, 2.45) is 5.41 Å². The molecule has 3 heteroatoms. The van der Waals surface area contributed by atoms with E-state index in [9.17, 15) is 0 Å². The Morgan fingerprint density at radius 1 is 1.21 bits per heavy atom. The van der Waals surface area contributed by atoms with Gasteiger partial charge in [0.1, 0.15) is 0 Å². The van der Waals surface area contributed by atoms with Crippen LogP contribution in [0.2, 0.25) is 0 Å². The van der Waals surface area contributed by atoms with Gasteiger partial charge in [0.25, 0.3) is 0 Å². The quantitative estimate of drug-likeness (QED) is 0.769. The zero-order chi connectivity index (χ0) is 14.5. The molecule has 2 nitrogen and oxygen atoms in total. The van der Waals surface area contributed by atoms with Crippen LogP contribution in [0.25, 0.3) is 0 Å². The van der Waals surface area contributed by atoms with Crippen LogP contribution in [0.15, 0.2) is 0 Å². The molecule has 19 heavy (non-hydrogen) atoms. The Balaban J connectivity index is 2.58. The van der Waals surface area contributed by atoms with E-state index in [0.29, 0.717) is 5.41 Å². The molecule has 1 unspecified atom stereocenters. The van der Waals surface area contributed by atoms with Gasteiger partial charge in [-0.3, -0.25) is 0 Å². The topological polar surface area (TPSA) is 15.3 Å². The Bertz CT molecular complexity index is 250.